The van der Waals surface area contributed by atoms with E-state index in [1.807, 2.05) is 0 Å². The molecule has 1 fully saturated rings. The second-order valence-corrected chi connectivity index (χ2v) is 4.68. The second-order valence-electron chi connectivity index (χ2n) is 4.68. The third-order valence-electron chi connectivity index (χ3n) is 3.10. The van der Waals surface area contributed by atoms with E-state index in [1.165, 1.54) is 6.07 Å². The van der Waals surface area contributed by atoms with Crippen molar-refractivity contribution in [2.45, 2.75) is 43.7 Å². The summed E-state index contributed by atoms with van der Waals surface area (Å²) in [7, 11) is 0. The van der Waals surface area contributed by atoms with E-state index >= 15 is 0 Å². The number of alkyl halides is 6. The molecular weight excluding hydrogens is 320 g/mol. The lowest BCUT2D eigenvalue weighted by molar-refractivity contribution is -0.198. The summed E-state index contributed by atoms with van der Waals surface area (Å²) in [6, 6.07) is -2.04. The summed E-state index contributed by atoms with van der Waals surface area (Å²) in [6.07, 6.45) is -11.8. The second kappa shape index (κ2) is 6.41. The predicted octanol–water partition coefficient (Wildman–Crippen LogP) is 1.50. The van der Waals surface area contributed by atoms with Gasteiger partial charge in [0.25, 0.3) is 0 Å². The molecule has 2 amide bonds. The average Bonchev–Trinajstić information content (AvgIpc) is 2.36. The molecule has 0 spiro atoms. The van der Waals surface area contributed by atoms with Gasteiger partial charge in [0, 0.05) is 12.6 Å². The summed E-state index contributed by atoms with van der Waals surface area (Å²) in [5, 5.41) is 9.93. The van der Waals surface area contributed by atoms with Crippen molar-refractivity contribution in [2.24, 2.45) is 0 Å². The van der Waals surface area contributed by atoms with Crippen LogP contribution >= 0.6 is 0 Å². The number of hydrogen-bond acceptors (Lipinski definition) is 3. The van der Waals surface area contributed by atoms with Crippen LogP contribution in [0.1, 0.15) is 19.3 Å². The van der Waals surface area contributed by atoms with Crippen LogP contribution < -0.4 is 5.32 Å². The highest BCUT2D eigenvalue weighted by atomic mass is 19.4. The van der Waals surface area contributed by atoms with Gasteiger partial charge in [-0.2, -0.15) is 31.6 Å². The summed E-state index contributed by atoms with van der Waals surface area (Å²) in [4.78, 5) is 22.7. The molecule has 2 atom stereocenters. The number of nitrogens with zero attached hydrogens (tertiary/aromatic N) is 2. The first kappa shape index (κ1) is 18.1. The molecule has 0 unspecified atom stereocenters. The van der Waals surface area contributed by atoms with Gasteiger partial charge in [-0.1, -0.05) is 0 Å². The first-order valence-electron chi connectivity index (χ1n) is 6.07. The van der Waals surface area contributed by atoms with Crippen molar-refractivity contribution in [3.05, 3.63) is 0 Å². The first-order chi connectivity index (χ1) is 9.96. The fraction of sp³-hybridized carbons (Fsp3) is 0.727. The number of amides is 2. The van der Waals surface area contributed by atoms with Crippen molar-refractivity contribution in [3.8, 4) is 6.07 Å². The molecule has 1 aliphatic rings. The highest BCUT2D eigenvalue weighted by Gasteiger charge is 2.49. The lowest BCUT2D eigenvalue weighted by Crippen LogP contribution is -2.59. The minimum atomic E-state index is -5.16. The van der Waals surface area contributed by atoms with Gasteiger partial charge in [-0.15, -0.1) is 0 Å². The lowest BCUT2D eigenvalue weighted by Gasteiger charge is -2.40. The van der Waals surface area contributed by atoms with Crippen LogP contribution in [-0.2, 0) is 9.59 Å². The molecule has 0 aromatic carbocycles. The highest BCUT2D eigenvalue weighted by molar-refractivity contribution is 5.82. The number of carbonyl (C=O) groups is 2. The Balaban J connectivity index is 2.85. The topological polar surface area (TPSA) is 73.2 Å². The molecule has 5 nitrogen and oxygen atoms in total. The molecular formula is C11H11F6N3O2. The quantitative estimate of drug-likeness (QED) is 0.780. The van der Waals surface area contributed by atoms with E-state index in [4.69, 9.17) is 5.26 Å². The number of nitrogens with one attached hydrogen (secondary N) is 1. The molecule has 22 heavy (non-hydrogen) atoms. The van der Waals surface area contributed by atoms with E-state index < -0.39 is 55.6 Å². The molecule has 0 bridgehead atoms. The molecule has 1 N–H and O–H groups in total. The van der Waals surface area contributed by atoms with Crippen LogP contribution in [0.3, 0.4) is 0 Å². The molecule has 1 heterocycles. The number of hydrogen-bond donors (Lipinski definition) is 1. The van der Waals surface area contributed by atoms with Crippen molar-refractivity contribution in [1.82, 2.24) is 10.2 Å². The van der Waals surface area contributed by atoms with Crippen molar-refractivity contribution < 1.29 is 35.9 Å². The number of carbonyl (C=O) groups excluding carboxylic acids is 2. The number of nitriles is 1. The van der Waals surface area contributed by atoms with E-state index in [-0.39, 0.29) is 6.42 Å². The zero-order chi connectivity index (χ0) is 17.1. The maximum atomic E-state index is 12.8. The summed E-state index contributed by atoms with van der Waals surface area (Å²) in [5.74, 6) is -3.42. The highest BCUT2D eigenvalue weighted by Crippen LogP contribution is 2.32. The Labute approximate surface area is 120 Å². The van der Waals surface area contributed by atoms with E-state index in [0.29, 0.717) is 4.90 Å². The van der Waals surface area contributed by atoms with Gasteiger partial charge in [-0.05, 0) is 12.8 Å². The van der Waals surface area contributed by atoms with Crippen molar-refractivity contribution in [2.75, 3.05) is 6.54 Å². The molecule has 11 heteroatoms. The van der Waals surface area contributed by atoms with Crippen LogP contribution in [0.15, 0.2) is 0 Å². The van der Waals surface area contributed by atoms with Crippen molar-refractivity contribution in [1.29, 1.82) is 5.26 Å². The van der Waals surface area contributed by atoms with Crippen LogP contribution in [0, 0.1) is 11.3 Å². The van der Waals surface area contributed by atoms with Crippen LogP contribution in [0.5, 0.6) is 0 Å². The van der Waals surface area contributed by atoms with E-state index in [2.05, 4.69) is 0 Å². The third-order valence-corrected chi connectivity index (χ3v) is 3.10. The molecule has 1 saturated heterocycles. The van der Waals surface area contributed by atoms with Gasteiger partial charge in [-0.25, -0.2) is 0 Å². The van der Waals surface area contributed by atoms with Crippen LogP contribution in [0.4, 0.5) is 26.3 Å². The normalized spacial score (nSPS) is 22.9. The van der Waals surface area contributed by atoms with E-state index in [1.54, 1.807) is 5.32 Å². The van der Waals surface area contributed by atoms with Gasteiger partial charge in [0.2, 0.25) is 5.91 Å². The van der Waals surface area contributed by atoms with Gasteiger partial charge in [0.05, 0.1) is 6.07 Å². The summed E-state index contributed by atoms with van der Waals surface area (Å²) < 4.78 is 74.9. The van der Waals surface area contributed by atoms with Gasteiger partial charge in [-0.3, -0.25) is 9.59 Å². The van der Waals surface area contributed by atoms with Gasteiger partial charge < -0.3 is 10.2 Å². The Morgan fingerprint density at radius 1 is 1.18 bits per heavy atom. The Bertz CT molecular complexity index is 482. The Morgan fingerprint density at radius 2 is 1.77 bits per heavy atom. The number of rotatable bonds is 2. The SMILES string of the molecule is N#CCC(=O)N1C[C@H](NC(=O)C(F)(F)F)CC[C@H]1C(F)(F)F. The largest absolute Gasteiger partial charge is 0.471 e. The molecule has 124 valence electrons. The third kappa shape index (κ3) is 4.51. The minimum Gasteiger partial charge on any atom is -0.344 e. The summed E-state index contributed by atoms with van der Waals surface area (Å²) in [6.45, 7) is -0.730. The van der Waals surface area contributed by atoms with Gasteiger partial charge >= 0.3 is 18.3 Å². The molecule has 0 saturated carbocycles. The zero-order valence-electron chi connectivity index (χ0n) is 11.0. The number of piperidine rings is 1. The Morgan fingerprint density at radius 3 is 2.23 bits per heavy atom. The predicted molar refractivity (Wildman–Crippen MR) is 59.0 cm³/mol. The van der Waals surface area contributed by atoms with E-state index in [9.17, 15) is 35.9 Å². The van der Waals surface area contributed by atoms with E-state index in [0.717, 1.165) is 0 Å². The molecule has 0 aromatic heterocycles. The molecule has 0 radical (unpaired) electrons. The Kier molecular flexibility index (Phi) is 5.26. The van der Waals surface area contributed by atoms with Crippen LogP contribution in [0.2, 0.25) is 0 Å². The summed E-state index contributed by atoms with van der Waals surface area (Å²) in [5.41, 5.74) is 0. The smallest absolute Gasteiger partial charge is 0.344 e. The van der Waals surface area contributed by atoms with Crippen LogP contribution in [-0.4, -0.2) is 47.7 Å². The fourth-order valence-corrected chi connectivity index (χ4v) is 2.14. The molecule has 1 aliphatic heterocycles. The van der Waals surface area contributed by atoms with Gasteiger partial charge in [0.15, 0.2) is 0 Å². The minimum absolute atomic E-state index is 0.300. The first-order valence-corrected chi connectivity index (χ1v) is 6.07. The number of halogens is 6. The van der Waals surface area contributed by atoms with Crippen molar-refractivity contribution >= 4 is 11.8 Å². The average molecular weight is 331 g/mol. The standard InChI is InChI=1S/C11H11F6N3O2/c12-10(13,14)7-2-1-6(19-9(22)11(15,16)17)5-20(7)8(21)3-4-18/h6-7H,1-3,5H2,(H,19,22)/t6-,7+/m1/s1. The van der Waals surface area contributed by atoms with Crippen molar-refractivity contribution in [3.63, 3.8) is 0 Å². The Hall–Kier alpha value is -1.99. The fourth-order valence-electron chi connectivity index (χ4n) is 2.14. The summed E-state index contributed by atoms with van der Waals surface area (Å²) >= 11 is 0. The zero-order valence-corrected chi connectivity index (χ0v) is 11.0. The maximum absolute atomic E-state index is 12.8. The monoisotopic (exact) mass is 331 g/mol. The van der Waals surface area contributed by atoms with Crippen LogP contribution in [0.25, 0.3) is 0 Å². The molecule has 1 rings (SSSR count). The molecule has 0 aromatic rings. The van der Waals surface area contributed by atoms with Gasteiger partial charge in [0.1, 0.15) is 12.5 Å². The lowest BCUT2D eigenvalue weighted by atomic mass is 9.97. The maximum Gasteiger partial charge on any atom is 0.471 e. The molecule has 0 aliphatic carbocycles. The number of likely N-dealkylation sites (tertiary alicyclic amines) is 1.